The molecule has 8 N–H and O–H groups in total. The second-order valence-electron chi connectivity index (χ2n) is 26.7. The largest absolute Gasteiger partial charge is 0.543 e. The molecule has 32 heteroatoms. The van der Waals surface area contributed by atoms with E-state index in [4.69, 9.17) is 24.8 Å². The number of carbonyl (C=O) groups is 8. The predicted octanol–water partition coefficient (Wildman–Crippen LogP) is 4.53. The number of carbonyl (C=O) groups excluding carboxylic acids is 7. The van der Waals surface area contributed by atoms with E-state index in [0.29, 0.717) is 59.2 Å². The first-order valence-corrected chi connectivity index (χ1v) is 37.4. The number of amides is 7. The third kappa shape index (κ3) is 20.1. The number of nitrogen functional groups attached to an aromatic ring is 1. The number of carboxylic acids is 2. The molecule has 6 aromatic rings. The van der Waals surface area contributed by atoms with Crippen LogP contribution in [0, 0.1) is 13.8 Å². The minimum absolute atomic E-state index is 0.00966. The summed E-state index contributed by atoms with van der Waals surface area (Å²) in [6.07, 6.45) is 8.17. The number of methoxy groups -OCH3 is 2. The Morgan fingerprint density at radius 3 is 2.15 bits per heavy atom. The van der Waals surface area contributed by atoms with Crippen LogP contribution in [0.1, 0.15) is 98.1 Å². The van der Waals surface area contributed by atoms with Gasteiger partial charge in [-0.25, -0.2) is 32.3 Å². The quantitative estimate of drug-likeness (QED) is 0.0136. The number of piperazine rings is 1. The second-order valence-corrected chi connectivity index (χ2v) is 30.4. The van der Waals surface area contributed by atoms with E-state index >= 15 is 0 Å². The van der Waals surface area contributed by atoms with Gasteiger partial charge in [-0.15, -0.1) is 23.1 Å². The van der Waals surface area contributed by atoms with Crippen LogP contribution in [0.15, 0.2) is 142 Å². The average Bonchev–Trinajstić information content (AvgIpc) is 1.10. The summed E-state index contributed by atoms with van der Waals surface area (Å²) >= 11 is 2.32. The number of aliphatic hydroxyl groups is 1. The van der Waals surface area contributed by atoms with Crippen molar-refractivity contribution < 1.29 is 85.7 Å². The summed E-state index contributed by atoms with van der Waals surface area (Å²) in [7, 11) is -0.911. The Bertz CT molecular complexity index is 4330. The second kappa shape index (κ2) is 35.2. The lowest BCUT2D eigenvalue weighted by Crippen LogP contribution is -2.71. The van der Waals surface area contributed by atoms with Gasteiger partial charge in [-0.2, -0.15) is 0 Å². The number of carboxylic acid groups (broad SMARTS) is 2. The number of thiazole rings is 1. The van der Waals surface area contributed by atoms with Gasteiger partial charge in [-0.1, -0.05) is 79.0 Å². The molecule has 1 saturated carbocycles. The monoisotopic (exact) mass is 1500 g/mol. The number of nitrogens with one attached hydrogen (secondary N) is 4. The number of pyridine rings is 1. The van der Waals surface area contributed by atoms with Crippen LogP contribution < -0.4 is 50.3 Å². The van der Waals surface area contributed by atoms with Crippen LogP contribution in [0.3, 0.4) is 0 Å². The number of β-amino-alcohol motifs (C(OH)–C–C–N with tert-alkyl or cyclic N) is 1. The number of oxime groups is 1. The molecule has 0 spiro atoms. The number of imide groups is 1. The molecule has 4 aliphatic heterocycles. The first-order chi connectivity index (χ1) is 50.0. The number of sulfonamides is 1. The van der Waals surface area contributed by atoms with Crippen LogP contribution in [0.25, 0.3) is 0 Å². The zero-order valence-electron chi connectivity index (χ0n) is 59.6. The van der Waals surface area contributed by atoms with Crippen LogP contribution in [0.4, 0.5) is 15.6 Å². The van der Waals surface area contributed by atoms with Crippen molar-refractivity contribution in [2.45, 2.75) is 126 Å². The van der Waals surface area contributed by atoms with Gasteiger partial charge in [0.2, 0.25) is 17.4 Å². The number of aryl methyl sites for hydroxylation is 2. The Morgan fingerprint density at radius 1 is 0.857 bits per heavy atom. The number of aliphatic hydroxyl groups excluding tert-OH is 1. The number of rotatable bonds is 25. The van der Waals surface area contributed by atoms with E-state index in [1.54, 1.807) is 80.4 Å². The molecule has 6 heterocycles. The number of aromatic nitrogens is 2. The molecule has 4 aromatic carbocycles. The minimum atomic E-state index is -4.03. The van der Waals surface area contributed by atoms with E-state index in [-0.39, 0.29) is 70.6 Å². The fourth-order valence-corrected chi connectivity index (χ4v) is 15.1. The van der Waals surface area contributed by atoms with Crippen molar-refractivity contribution in [2.75, 3.05) is 83.4 Å². The lowest BCUT2D eigenvalue weighted by molar-refractivity contribution is -0.689. The molecule has 11 rings (SSSR count). The van der Waals surface area contributed by atoms with Crippen molar-refractivity contribution in [2.24, 2.45) is 5.16 Å². The molecule has 7 amide bonds. The molecule has 1 unspecified atom stereocenters. The number of thioether (sulfide) groups is 1. The van der Waals surface area contributed by atoms with Gasteiger partial charge in [-0.3, -0.25) is 43.6 Å². The number of fused-ring (bicyclic) bond motifs is 2. The molecule has 29 nitrogen and oxygen atoms in total. The number of hydrogen-bond donors (Lipinski definition) is 7. The number of benzene rings is 4. The van der Waals surface area contributed by atoms with Gasteiger partial charge in [0.05, 0.1) is 42.7 Å². The van der Waals surface area contributed by atoms with E-state index in [1.165, 1.54) is 55.1 Å². The highest BCUT2D eigenvalue weighted by molar-refractivity contribution is 8.00. The number of nitrogens with zero attached hydrogens (tertiary/aromatic N) is 7. The number of nitrogens with two attached hydrogens (primary N) is 1. The number of aliphatic carboxylic acids is 2. The highest BCUT2D eigenvalue weighted by atomic mass is 32.2. The summed E-state index contributed by atoms with van der Waals surface area (Å²) in [5.74, 6) is -2.85. The Labute approximate surface area is 617 Å². The zero-order chi connectivity index (χ0) is 75.9. The Kier molecular flexibility index (Phi) is 26.5. The number of urea groups is 1. The lowest BCUT2D eigenvalue weighted by atomic mass is 9.77. The number of para-hydroxylation sites is 3. The maximum Gasteiger partial charge on any atom is 0.350 e. The molecule has 3 atom stereocenters. The molecule has 2 aromatic heterocycles. The molecule has 105 heavy (non-hydrogen) atoms. The van der Waals surface area contributed by atoms with Gasteiger partial charge >= 0.3 is 12.0 Å². The summed E-state index contributed by atoms with van der Waals surface area (Å²) in [5, 5.41) is 44.5. The summed E-state index contributed by atoms with van der Waals surface area (Å²) in [5.41, 5.74) is 7.85. The summed E-state index contributed by atoms with van der Waals surface area (Å²) in [6, 6.07) is 28.2. The van der Waals surface area contributed by atoms with Crippen molar-refractivity contribution in [3.05, 3.63) is 166 Å². The van der Waals surface area contributed by atoms with Gasteiger partial charge in [0, 0.05) is 85.4 Å². The van der Waals surface area contributed by atoms with E-state index in [1.807, 2.05) is 62.4 Å². The number of β-lactam (4-membered cyclic amide) rings is 1. The lowest BCUT2D eigenvalue weighted by Gasteiger charge is -2.50. The topological polar surface area (TPSA) is 387 Å². The maximum absolute atomic E-state index is 13.2. The maximum atomic E-state index is 13.2. The van der Waals surface area contributed by atoms with Crippen molar-refractivity contribution in [1.82, 2.24) is 39.9 Å². The Balaban J connectivity index is 0.000000183. The van der Waals surface area contributed by atoms with Gasteiger partial charge in [0.15, 0.2) is 41.3 Å². The van der Waals surface area contributed by atoms with Gasteiger partial charge in [0.1, 0.15) is 35.6 Å². The SMILES string of the molecule is CC(C)(O/N=C(\C(=O)N[C@@H]1C(=O)N2C(C(=O)[O-])=C(C[n+]3ccccc3)CS[C@H]12)c1csc(N)n1)C(=O)O.COc1ccc2c(c1)C(=O)N(CCc1ccc(S(=O)(=O)NC(=O)NC3CCCCC3)cc1)C(=O)C2(C)C.COc1ccccc1OCC(O)CN1CCN(CC(=O)Nc2c(C)cccc2C)CC1. The first kappa shape index (κ1) is 79.1. The van der Waals surface area contributed by atoms with E-state index < -0.39 is 68.3 Å². The Hall–Kier alpha value is -9.99. The third-order valence-electron chi connectivity index (χ3n) is 18.3. The van der Waals surface area contributed by atoms with Crippen molar-refractivity contribution in [3.8, 4) is 17.2 Å². The standard InChI is InChI=1S/C27H33N3O6S.C24H33N3O4.C22H22N6O7S2/c1-27(2)23-14-11-20(36-3)17-22(23)24(31)30(25(27)32)16-15-18-9-12-21(13-10-18)37(34,35)29-26(33)28-19-7-5-4-6-8-19;1-18-7-6-8-19(2)24(18)25-23(29)16-27-13-11-26(12-14-27)15-20(28)17-31-22-10-5-4-9-21(22)30-3;1-22(2,20(33)34)35-26-13(12-10-37-21(23)24-12)16(29)25-14-17(30)28-15(19(31)32)11(9-36-18(14)28)8-27-6-4-3-5-7-27/h9-14,17,19H,4-8,15-16H2,1-3H3,(H2,28,29,33);4-10,20,28H,11-17H2,1-3H3,(H,25,29);3-7,10,14,18H,8-9H2,1-2H3,(H4-,23,24,25,29,31,32,33,34)/b;;26-13-/t;;14-,18-/m..1/s1. The highest BCUT2D eigenvalue weighted by Gasteiger charge is 2.54. The highest BCUT2D eigenvalue weighted by Crippen LogP contribution is 2.41. The van der Waals surface area contributed by atoms with Crippen molar-refractivity contribution in [1.29, 1.82) is 0 Å². The fraction of sp³-hybridized carbons (Fsp3) is 0.411. The number of ether oxygens (including phenoxy) is 3. The minimum Gasteiger partial charge on any atom is -0.543 e. The number of hydrogen-bond acceptors (Lipinski definition) is 23. The van der Waals surface area contributed by atoms with Crippen LogP contribution in [-0.4, -0.2) is 198 Å². The van der Waals surface area contributed by atoms with Crippen LogP contribution in [0.5, 0.6) is 17.2 Å². The number of anilines is 2. The molecule has 0 radical (unpaired) electrons. The van der Waals surface area contributed by atoms with Crippen LogP contribution in [0.2, 0.25) is 0 Å². The third-order valence-corrected chi connectivity index (χ3v) is 21.6. The summed E-state index contributed by atoms with van der Waals surface area (Å²) in [6.45, 7) is 14.8. The smallest absolute Gasteiger partial charge is 0.350 e. The molecule has 2 saturated heterocycles. The molecular formula is C73H88N12O17S3. The first-order valence-electron chi connectivity index (χ1n) is 34.0. The van der Waals surface area contributed by atoms with Gasteiger partial charge < -0.3 is 60.8 Å². The van der Waals surface area contributed by atoms with Gasteiger partial charge in [-0.05, 0) is 119 Å². The van der Waals surface area contributed by atoms with Gasteiger partial charge in [0.25, 0.3) is 27.7 Å². The van der Waals surface area contributed by atoms with E-state index in [9.17, 15) is 62.1 Å². The zero-order valence-corrected chi connectivity index (χ0v) is 62.1. The van der Waals surface area contributed by atoms with Crippen molar-refractivity contribution >= 4 is 97.2 Å². The molecule has 1 aliphatic carbocycles. The molecule has 3 fully saturated rings. The fourth-order valence-electron chi connectivity index (χ4n) is 12.3. The molecule has 5 aliphatic rings. The Morgan fingerprint density at radius 2 is 1.52 bits per heavy atom. The summed E-state index contributed by atoms with van der Waals surface area (Å²) < 4.78 is 45.4. The molecule has 0 bridgehead atoms. The van der Waals surface area contributed by atoms with Crippen molar-refractivity contribution in [3.63, 3.8) is 0 Å². The average molecular weight is 1500 g/mol. The van der Waals surface area contributed by atoms with E-state index in [2.05, 4.69) is 40.6 Å². The molecular weight excluding hydrogens is 1410 g/mol. The molecule has 560 valence electrons. The van der Waals surface area contributed by atoms with Crippen LogP contribution >= 0.6 is 23.1 Å². The van der Waals surface area contributed by atoms with Crippen LogP contribution in [-0.2, 0) is 62.0 Å². The van der Waals surface area contributed by atoms with E-state index in [0.717, 1.165) is 96.9 Å². The predicted molar refractivity (Wildman–Crippen MR) is 389 cm³/mol. The normalized spacial score (nSPS) is 17.9. The summed E-state index contributed by atoms with van der Waals surface area (Å²) in [4.78, 5) is 116.